The second kappa shape index (κ2) is 13.4. The van der Waals surface area contributed by atoms with Crippen LogP contribution in [0.3, 0.4) is 0 Å². The molecule has 1 heterocycles. The van der Waals surface area contributed by atoms with Gasteiger partial charge >= 0.3 is 0 Å². The van der Waals surface area contributed by atoms with E-state index >= 15 is 0 Å². The first-order chi connectivity index (χ1) is 13.0. The van der Waals surface area contributed by atoms with E-state index in [0.29, 0.717) is 0 Å². The van der Waals surface area contributed by atoms with Crippen LogP contribution in [0.25, 0.3) is 0 Å². The minimum absolute atomic E-state index is 0. The summed E-state index contributed by atoms with van der Waals surface area (Å²) >= 11 is 0. The molecule has 6 heteroatoms. The van der Waals surface area contributed by atoms with E-state index in [9.17, 15) is 0 Å². The standard InChI is InChI=1S/C22H39N5.HI/c1-5-26-15-17-27(18-16-26)14-10-9-13-24-21(23-4)25-19-22(2,3)20-11-7-6-8-12-20;/h6-8,11-12H,5,9-10,13-19H2,1-4H3,(H2,23,24,25);1H. The van der Waals surface area contributed by atoms with Gasteiger partial charge in [0.15, 0.2) is 5.96 Å². The lowest BCUT2D eigenvalue weighted by atomic mass is 9.85. The number of rotatable bonds is 9. The second-order valence-electron chi connectivity index (χ2n) is 8.09. The molecule has 1 aromatic rings. The summed E-state index contributed by atoms with van der Waals surface area (Å²) in [6.45, 7) is 15.9. The Labute approximate surface area is 189 Å². The lowest BCUT2D eigenvalue weighted by Crippen LogP contribution is -2.46. The van der Waals surface area contributed by atoms with Gasteiger partial charge < -0.3 is 20.4 Å². The van der Waals surface area contributed by atoms with E-state index in [0.717, 1.165) is 19.0 Å². The van der Waals surface area contributed by atoms with Crippen molar-refractivity contribution in [3.63, 3.8) is 0 Å². The second-order valence-corrected chi connectivity index (χ2v) is 8.09. The Morgan fingerprint density at radius 3 is 2.25 bits per heavy atom. The SMILES string of the molecule is CCN1CCN(CCCCNC(=NC)NCC(C)(C)c2ccccc2)CC1.I. The average molecular weight is 502 g/mol. The molecule has 160 valence electrons. The van der Waals surface area contributed by atoms with Gasteiger partial charge in [-0.1, -0.05) is 51.1 Å². The van der Waals surface area contributed by atoms with Crippen molar-refractivity contribution >= 4 is 29.9 Å². The summed E-state index contributed by atoms with van der Waals surface area (Å²) in [5.74, 6) is 0.899. The third kappa shape index (κ3) is 8.66. The highest BCUT2D eigenvalue weighted by Crippen LogP contribution is 2.21. The van der Waals surface area contributed by atoms with Crippen LogP contribution in [0, 0.1) is 0 Å². The van der Waals surface area contributed by atoms with Gasteiger partial charge in [-0.15, -0.1) is 24.0 Å². The van der Waals surface area contributed by atoms with E-state index in [1.807, 2.05) is 7.05 Å². The van der Waals surface area contributed by atoms with Gasteiger partial charge in [0.05, 0.1) is 0 Å². The summed E-state index contributed by atoms with van der Waals surface area (Å²) < 4.78 is 0. The Morgan fingerprint density at radius 2 is 1.64 bits per heavy atom. The molecular weight excluding hydrogens is 461 g/mol. The molecule has 1 fully saturated rings. The highest BCUT2D eigenvalue weighted by molar-refractivity contribution is 14.0. The molecule has 0 unspecified atom stereocenters. The predicted octanol–water partition coefficient (Wildman–Crippen LogP) is 3.16. The Balaban J connectivity index is 0.00000392. The predicted molar refractivity (Wildman–Crippen MR) is 132 cm³/mol. The van der Waals surface area contributed by atoms with Gasteiger partial charge in [0.25, 0.3) is 0 Å². The maximum atomic E-state index is 4.37. The molecule has 0 spiro atoms. The van der Waals surface area contributed by atoms with E-state index in [2.05, 4.69) is 76.5 Å². The molecular formula is C22H40IN5. The van der Waals surface area contributed by atoms with E-state index in [1.54, 1.807) is 0 Å². The lowest BCUT2D eigenvalue weighted by molar-refractivity contribution is 0.136. The van der Waals surface area contributed by atoms with Crippen LogP contribution >= 0.6 is 24.0 Å². The summed E-state index contributed by atoms with van der Waals surface area (Å²) in [5, 5.41) is 6.94. The fourth-order valence-electron chi connectivity index (χ4n) is 3.51. The van der Waals surface area contributed by atoms with Gasteiger partial charge in [-0.3, -0.25) is 4.99 Å². The molecule has 0 aliphatic carbocycles. The largest absolute Gasteiger partial charge is 0.356 e. The first kappa shape index (κ1) is 25.2. The Bertz CT molecular complexity index is 553. The quantitative estimate of drug-likeness (QED) is 0.236. The normalized spacial score (nSPS) is 16.5. The van der Waals surface area contributed by atoms with Gasteiger partial charge in [-0.2, -0.15) is 0 Å². The summed E-state index contributed by atoms with van der Waals surface area (Å²) in [4.78, 5) is 9.50. The highest BCUT2D eigenvalue weighted by atomic mass is 127. The lowest BCUT2D eigenvalue weighted by Gasteiger charge is -2.34. The molecule has 0 bridgehead atoms. The molecule has 5 nitrogen and oxygen atoms in total. The number of nitrogens with zero attached hydrogens (tertiary/aromatic N) is 3. The fraction of sp³-hybridized carbons (Fsp3) is 0.682. The van der Waals surface area contributed by atoms with Crippen molar-refractivity contribution in [2.45, 2.75) is 39.0 Å². The van der Waals surface area contributed by atoms with E-state index in [4.69, 9.17) is 0 Å². The van der Waals surface area contributed by atoms with Crippen molar-refractivity contribution in [1.29, 1.82) is 0 Å². The van der Waals surface area contributed by atoms with Gasteiger partial charge in [0.2, 0.25) is 0 Å². The summed E-state index contributed by atoms with van der Waals surface area (Å²) in [5.41, 5.74) is 1.41. The zero-order valence-corrected chi connectivity index (χ0v) is 20.5. The first-order valence-corrected chi connectivity index (χ1v) is 10.5. The van der Waals surface area contributed by atoms with Crippen LogP contribution in [-0.4, -0.2) is 75.2 Å². The first-order valence-electron chi connectivity index (χ1n) is 10.5. The van der Waals surface area contributed by atoms with E-state index < -0.39 is 0 Å². The van der Waals surface area contributed by atoms with Gasteiger partial charge in [-0.25, -0.2) is 0 Å². The van der Waals surface area contributed by atoms with Crippen molar-refractivity contribution in [2.24, 2.45) is 4.99 Å². The topological polar surface area (TPSA) is 42.9 Å². The van der Waals surface area contributed by atoms with Crippen molar-refractivity contribution in [3.8, 4) is 0 Å². The van der Waals surface area contributed by atoms with Crippen LogP contribution in [0.4, 0.5) is 0 Å². The molecule has 0 saturated carbocycles. The molecule has 28 heavy (non-hydrogen) atoms. The Hall–Kier alpha value is -0.860. The zero-order chi connectivity index (χ0) is 19.5. The van der Waals surface area contributed by atoms with Crippen LogP contribution in [0.15, 0.2) is 35.3 Å². The van der Waals surface area contributed by atoms with Crippen LogP contribution in [-0.2, 0) is 5.41 Å². The molecule has 1 aliphatic heterocycles. The molecule has 0 radical (unpaired) electrons. The van der Waals surface area contributed by atoms with E-state index in [1.165, 1.54) is 57.7 Å². The Morgan fingerprint density at radius 1 is 1.00 bits per heavy atom. The van der Waals surface area contributed by atoms with Crippen molar-refractivity contribution in [2.75, 3.05) is 59.4 Å². The summed E-state index contributed by atoms with van der Waals surface area (Å²) in [7, 11) is 1.85. The molecule has 0 amide bonds. The molecule has 0 atom stereocenters. The number of halogens is 1. The van der Waals surface area contributed by atoms with Gasteiger partial charge in [0, 0.05) is 51.7 Å². The van der Waals surface area contributed by atoms with Crippen molar-refractivity contribution < 1.29 is 0 Å². The number of likely N-dealkylation sites (N-methyl/N-ethyl adjacent to an activating group) is 1. The molecule has 1 aliphatic rings. The zero-order valence-electron chi connectivity index (χ0n) is 18.2. The van der Waals surface area contributed by atoms with Crippen LogP contribution in [0.5, 0.6) is 0 Å². The number of hydrogen-bond donors (Lipinski definition) is 2. The van der Waals surface area contributed by atoms with E-state index in [-0.39, 0.29) is 29.4 Å². The number of nitrogens with one attached hydrogen (secondary N) is 2. The summed E-state index contributed by atoms with van der Waals surface area (Å²) in [6.07, 6.45) is 2.42. The smallest absolute Gasteiger partial charge is 0.191 e. The molecule has 2 rings (SSSR count). The number of benzene rings is 1. The number of unbranched alkanes of at least 4 members (excludes halogenated alkanes) is 1. The van der Waals surface area contributed by atoms with Crippen molar-refractivity contribution in [3.05, 3.63) is 35.9 Å². The number of guanidine groups is 1. The molecule has 0 aromatic heterocycles. The number of aliphatic imine (C=N–C) groups is 1. The van der Waals surface area contributed by atoms with Crippen LogP contribution in [0.2, 0.25) is 0 Å². The maximum Gasteiger partial charge on any atom is 0.191 e. The minimum atomic E-state index is 0. The van der Waals surface area contributed by atoms with Gasteiger partial charge in [-0.05, 0) is 31.5 Å². The van der Waals surface area contributed by atoms with Crippen LogP contribution < -0.4 is 10.6 Å². The third-order valence-corrected chi connectivity index (χ3v) is 5.58. The molecule has 1 saturated heterocycles. The molecule has 2 N–H and O–H groups in total. The third-order valence-electron chi connectivity index (χ3n) is 5.58. The molecule has 1 aromatic carbocycles. The summed E-state index contributed by atoms with van der Waals surface area (Å²) in [6, 6.07) is 10.7. The van der Waals surface area contributed by atoms with Crippen LogP contribution in [0.1, 0.15) is 39.2 Å². The maximum absolute atomic E-state index is 4.37. The highest BCUT2D eigenvalue weighted by Gasteiger charge is 2.20. The minimum Gasteiger partial charge on any atom is -0.356 e. The number of piperazine rings is 1. The Kier molecular flexibility index (Phi) is 12.0. The monoisotopic (exact) mass is 501 g/mol. The van der Waals surface area contributed by atoms with Crippen molar-refractivity contribution in [1.82, 2.24) is 20.4 Å². The number of hydrogen-bond acceptors (Lipinski definition) is 3. The van der Waals surface area contributed by atoms with Gasteiger partial charge in [0.1, 0.15) is 0 Å². The fourth-order valence-corrected chi connectivity index (χ4v) is 3.51. The average Bonchev–Trinajstić information content (AvgIpc) is 2.71.